The molecule has 5 nitrogen and oxygen atoms in total. The van der Waals surface area contributed by atoms with E-state index < -0.39 is 11.6 Å². The molecule has 0 saturated carbocycles. The van der Waals surface area contributed by atoms with E-state index in [0.29, 0.717) is 32.3 Å². The summed E-state index contributed by atoms with van der Waals surface area (Å²) in [4.78, 5) is 4.47. The van der Waals surface area contributed by atoms with Crippen LogP contribution in [-0.2, 0) is 11.3 Å². The van der Waals surface area contributed by atoms with Gasteiger partial charge in [-0.25, -0.2) is 13.8 Å². The van der Waals surface area contributed by atoms with Crippen molar-refractivity contribution in [2.45, 2.75) is 44.8 Å². The molecular weight excluding hydrogens is 525 g/mol. The Bertz CT molecular complexity index is 860. The molecule has 1 atom stereocenters. The smallest absolute Gasteiger partial charge is 0.191 e. The van der Waals surface area contributed by atoms with E-state index in [2.05, 4.69) is 40.0 Å². The van der Waals surface area contributed by atoms with E-state index in [1.165, 1.54) is 11.6 Å². The van der Waals surface area contributed by atoms with Crippen molar-refractivity contribution in [3.63, 3.8) is 0 Å². The van der Waals surface area contributed by atoms with E-state index in [4.69, 9.17) is 4.74 Å². The Hall–Kier alpha value is -1.78. The fourth-order valence-corrected chi connectivity index (χ4v) is 3.84. The molecule has 0 aliphatic carbocycles. The van der Waals surface area contributed by atoms with Gasteiger partial charge < -0.3 is 20.7 Å². The van der Waals surface area contributed by atoms with E-state index in [-0.39, 0.29) is 47.7 Å². The van der Waals surface area contributed by atoms with Gasteiger partial charge in [-0.05, 0) is 50.5 Å². The van der Waals surface area contributed by atoms with Gasteiger partial charge in [-0.2, -0.15) is 0 Å². The van der Waals surface area contributed by atoms with E-state index in [0.717, 1.165) is 25.0 Å². The van der Waals surface area contributed by atoms with Gasteiger partial charge in [0, 0.05) is 43.4 Å². The molecule has 0 aromatic heterocycles. The summed E-state index contributed by atoms with van der Waals surface area (Å²) in [5.74, 6) is -0.351. The maximum absolute atomic E-state index is 13.9. The molecule has 2 aromatic rings. The number of nitrogens with one attached hydrogen (secondary N) is 3. The van der Waals surface area contributed by atoms with Crippen LogP contribution in [0.1, 0.15) is 43.9 Å². The van der Waals surface area contributed by atoms with Gasteiger partial charge in [0.2, 0.25) is 0 Å². The molecule has 1 heterocycles. The lowest BCUT2D eigenvalue weighted by atomic mass is 9.88. The summed E-state index contributed by atoms with van der Waals surface area (Å²) in [6.45, 7) is 6.89. The Labute approximate surface area is 206 Å². The minimum Gasteiger partial charge on any atom is -0.381 e. The van der Waals surface area contributed by atoms with Crippen LogP contribution in [0.4, 0.5) is 8.78 Å². The molecule has 3 N–H and O–H groups in total. The van der Waals surface area contributed by atoms with E-state index >= 15 is 0 Å². The van der Waals surface area contributed by atoms with Crippen molar-refractivity contribution in [3.05, 3.63) is 71.3 Å². The van der Waals surface area contributed by atoms with E-state index in [9.17, 15) is 8.78 Å². The fraction of sp³-hybridized carbons (Fsp3) is 0.458. The molecule has 0 radical (unpaired) electrons. The molecule has 1 saturated heterocycles. The molecule has 1 fully saturated rings. The average molecular weight is 558 g/mol. The zero-order chi connectivity index (χ0) is 22.1. The molecule has 1 unspecified atom stereocenters. The Balaban J connectivity index is 0.00000363. The third-order valence-electron chi connectivity index (χ3n) is 5.63. The number of ether oxygens (including phenoxy) is 1. The summed E-state index contributed by atoms with van der Waals surface area (Å²) in [5, 5.41) is 10.4. The molecule has 8 heteroatoms. The molecule has 32 heavy (non-hydrogen) atoms. The number of halogens is 3. The topological polar surface area (TPSA) is 57.7 Å². The van der Waals surface area contributed by atoms with Crippen LogP contribution in [0.15, 0.2) is 53.5 Å². The number of nitrogens with zero attached hydrogens (tertiary/aromatic N) is 1. The monoisotopic (exact) mass is 558 g/mol. The first-order chi connectivity index (χ1) is 15.0. The molecule has 0 bridgehead atoms. The van der Waals surface area contributed by atoms with Crippen LogP contribution in [0.25, 0.3) is 0 Å². The van der Waals surface area contributed by atoms with Crippen LogP contribution >= 0.6 is 24.0 Å². The lowest BCUT2D eigenvalue weighted by Gasteiger charge is -2.41. The zero-order valence-electron chi connectivity index (χ0n) is 18.7. The standard InChI is InChI=1S/C24H32F2N4O.HI/c1-3-27-23(28-16-20-15-21(25)9-10-22(20)26)29-17-24(11-13-31-14-12-24)30-18(2)19-7-5-4-6-8-19;/h4-10,15,18,30H,3,11-14,16-17H2,1-2H3,(H2,27,28,29);1H. The second kappa shape index (κ2) is 13.1. The number of hydrogen-bond donors (Lipinski definition) is 3. The summed E-state index contributed by atoms with van der Waals surface area (Å²) < 4.78 is 33.0. The van der Waals surface area contributed by atoms with E-state index in [1.54, 1.807) is 0 Å². The molecule has 0 amide bonds. The Kier molecular flexibility index (Phi) is 10.8. The Morgan fingerprint density at radius 1 is 1.09 bits per heavy atom. The van der Waals surface area contributed by atoms with Gasteiger partial charge in [0.1, 0.15) is 11.6 Å². The normalized spacial score (nSPS) is 16.7. The van der Waals surface area contributed by atoms with Gasteiger partial charge in [0.05, 0.1) is 6.54 Å². The highest BCUT2D eigenvalue weighted by atomic mass is 127. The largest absolute Gasteiger partial charge is 0.381 e. The van der Waals surface area contributed by atoms with Gasteiger partial charge >= 0.3 is 0 Å². The van der Waals surface area contributed by atoms with Crippen molar-refractivity contribution in [3.8, 4) is 0 Å². The molecule has 0 spiro atoms. The number of aliphatic imine (C=N–C) groups is 1. The maximum atomic E-state index is 13.9. The fourth-order valence-electron chi connectivity index (χ4n) is 3.84. The number of hydrogen-bond acceptors (Lipinski definition) is 3. The second-order valence-corrected chi connectivity index (χ2v) is 7.95. The molecular formula is C24H33F2IN4O. The van der Waals surface area contributed by atoms with Crippen molar-refractivity contribution in [1.29, 1.82) is 0 Å². The molecule has 1 aliphatic rings. The number of rotatable bonds is 8. The van der Waals surface area contributed by atoms with Crippen LogP contribution < -0.4 is 16.0 Å². The highest BCUT2D eigenvalue weighted by Gasteiger charge is 2.34. The number of benzene rings is 2. The van der Waals surface area contributed by atoms with Gasteiger partial charge in [0.15, 0.2) is 5.96 Å². The molecule has 2 aromatic carbocycles. The predicted molar refractivity (Wildman–Crippen MR) is 135 cm³/mol. The highest BCUT2D eigenvalue weighted by Crippen LogP contribution is 2.25. The minimum atomic E-state index is -0.468. The van der Waals surface area contributed by atoms with Crippen LogP contribution in [-0.4, -0.2) is 37.8 Å². The van der Waals surface area contributed by atoms with Gasteiger partial charge in [0.25, 0.3) is 0 Å². The summed E-state index contributed by atoms with van der Waals surface area (Å²) in [5.41, 5.74) is 1.30. The van der Waals surface area contributed by atoms with Crippen LogP contribution in [0.2, 0.25) is 0 Å². The zero-order valence-corrected chi connectivity index (χ0v) is 21.0. The quantitative estimate of drug-likeness (QED) is 0.253. The van der Waals surface area contributed by atoms with Crippen molar-refractivity contribution >= 4 is 29.9 Å². The summed E-state index contributed by atoms with van der Waals surface area (Å²) in [6.07, 6.45) is 1.74. The first-order valence-electron chi connectivity index (χ1n) is 10.9. The van der Waals surface area contributed by atoms with Crippen LogP contribution in [0, 0.1) is 11.6 Å². The third-order valence-corrected chi connectivity index (χ3v) is 5.63. The maximum Gasteiger partial charge on any atom is 0.191 e. The minimum absolute atomic E-state index is 0. The SMILES string of the molecule is CCNC(=NCc1cc(F)ccc1F)NCC1(NC(C)c2ccccc2)CCOCC1.I. The van der Waals surface area contributed by atoms with Crippen LogP contribution in [0.5, 0.6) is 0 Å². The first kappa shape index (κ1) is 26.5. The summed E-state index contributed by atoms with van der Waals surface area (Å²) in [6, 6.07) is 14.0. The van der Waals surface area contributed by atoms with Gasteiger partial charge in [-0.3, -0.25) is 0 Å². The van der Waals surface area contributed by atoms with Crippen molar-refractivity contribution in [1.82, 2.24) is 16.0 Å². The number of guanidine groups is 1. The molecule has 176 valence electrons. The lowest BCUT2D eigenvalue weighted by Crippen LogP contribution is -2.58. The van der Waals surface area contributed by atoms with Gasteiger partial charge in [-0.15, -0.1) is 24.0 Å². The van der Waals surface area contributed by atoms with Crippen molar-refractivity contribution < 1.29 is 13.5 Å². The van der Waals surface area contributed by atoms with Crippen molar-refractivity contribution in [2.75, 3.05) is 26.3 Å². The predicted octanol–water partition coefficient (Wildman–Crippen LogP) is 4.54. The highest BCUT2D eigenvalue weighted by molar-refractivity contribution is 14.0. The Morgan fingerprint density at radius 2 is 1.81 bits per heavy atom. The van der Waals surface area contributed by atoms with Crippen LogP contribution in [0.3, 0.4) is 0 Å². The third kappa shape index (κ3) is 7.67. The molecule has 1 aliphatic heterocycles. The van der Waals surface area contributed by atoms with E-state index in [1.807, 2.05) is 25.1 Å². The summed E-state index contributed by atoms with van der Waals surface area (Å²) >= 11 is 0. The first-order valence-corrected chi connectivity index (χ1v) is 10.9. The second-order valence-electron chi connectivity index (χ2n) is 7.95. The van der Waals surface area contributed by atoms with Gasteiger partial charge in [-0.1, -0.05) is 30.3 Å². The van der Waals surface area contributed by atoms with Crippen molar-refractivity contribution in [2.24, 2.45) is 4.99 Å². The average Bonchev–Trinajstić information content (AvgIpc) is 2.79. The Morgan fingerprint density at radius 3 is 2.50 bits per heavy atom. The lowest BCUT2D eigenvalue weighted by molar-refractivity contribution is 0.0355. The molecule has 3 rings (SSSR count). The summed E-state index contributed by atoms with van der Waals surface area (Å²) in [7, 11) is 0.